The van der Waals surface area contributed by atoms with Gasteiger partial charge in [0, 0.05) is 48.7 Å². The Balaban J connectivity index is 1.67. The summed E-state index contributed by atoms with van der Waals surface area (Å²) in [6.45, 7) is 5.12. The second-order valence-electron chi connectivity index (χ2n) is 6.70. The molecule has 2 aromatic carbocycles. The van der Waals surface area contributed by atoms with E-state index in [9.17, 15) is 9.59 Å². The molecule has 0 unspecified atom stereocenters. The van der Waals surface area contributed by atoms with E-state index in [4.69, 9.17) is 5.73 Å². The van der Waals surface area contributed by atoms with Crippen LogP contribution in [0.5, 0.6) is 0 Å². The molecule has 6 nitrogen and oxygen atoms in total. The van der Waals surface area contributed by atoms with Crippen LogP contribution in [-0.4, -0.2) is 54.8 Å². The summed E-state index contributed by atoms with van der Waals surface area (Å²) in [6.07, 6.45) is 0. The van der Waals surface area contributed by atoms with E-state index in [1.165, 1.54) is 0 Å². The van der Waals surface area contributed by atoms with Crippen LogP contribution in [0, 0.1) is 6.92 Å². The molecular weight excluding hydrogens is 328 g/mol. The Morgan fingerprint density at radius 3 is 2.31 bits per heavy atom. The van der Waals surface area contributed by atoms with Crippen molar-refractivity contribution in [2.45, 2.75) is 6.92 Å². The third-order valence-electron chi connectivity index (χ3n) is 4.69. The van der Waals surface area contributed by atoms with E-state index in [1.54, 1.807) is 36.4 Å². The Labute approximate surface area is 153 Å². The minimum atomic E-state index is -0.215. The number of hydrogen-bond donors (Lipinski definition) is 2. The van der Waals surface area contributed by atoms with Crippen LogP contribution >= 0.6 is 0 Å². The van der Waals surface area contributed by atoms with Gasteiger partial charge in [0.2, 0.25) is 0 Å². The number of hydrogen-bond acceptors (Lipinski definition) is 4. The minimum absolute atomic E-state index is 0.0302. The van der Waals surface area contributed by atoms with Crippen LogP contribution in [0.25, 0.3) is 0 Å². The first-order chi connectivity index (χ1) is 12.4. The number of piperazine rings is 1. The summed E-state index contributed by atoms with van der Waals surface area (Å²) in [5.41, 5.74) is 9.00. The van der Waals surface area contributed by atoms with Gasteiger partial charge in [0.15, 0.2) is 0 Å². The van der Waals surface area contributed by atoms with E-state index in [2.05, 4.69) is 17.3 Å². The Morgan fingerprint density at radius 1 is 1.00 bits per heavy atom. The normalized spacial score (nSPS) is 14.9. The summed E-state index contributed by atoms with van der Waals surface area (Å²) >= 11 is 0. The molecule has 0 bridgehead atoms. The largest absolute Gasteiger partial charge is 0.399 e. The quantitative estimate of drug-likeness (QED) is 0.830. The fourth-order valence-corrected chi connectivity index (χ4v) is 2.97. The van der Waals surface area contributed by atoms with Gasteiger partial charge in [-0.25, -0.2) is 0 Å². The number of aryl methyl sites for hydroxylation is 1. The maximum atomic E-state index is 12.5. The fourth-order valence-electron chi connectivity index (χ4n) is 2.97. The highest BCUT2D eigenvalue weighted by Crippen LogP contribution is 2.17. The molecule has 0 radical (unpaired) electrons. The SMILES string of the molecule is Cc1ccc(N)cc1C(=O)Nc1ccc(C(=O)N2CCN(C)CC2)cc1. The van der Waals surface area contributed by atoms with Crippen LogP contribution in [-0.2, 0) is 0 Å². The standard InChI is InChI=1S/C20H24N4O2/c1-14-3-6-16(21)13-18(14)19(25)22-17-7-4-15(5-8-17)20(26)24-11-9-23(2)10-12-24/h3-8,13H,9-12,21H2,1-2H3,(H,22,25). The Morgan fingerprint density at radius 2 is 1.65 bits per heavy atom. The molecule has 1 fully saturated rings. The van der Waals surface area contributed by atoms with Crippen LogP contribution in [0.2, 0.25) is 0 Å². The van der Waals surface area contributed by atoms with Crippen molar-refractivity contribution >= 4 is 23.2 Å². The molecule has 136 valence electrons. The molecule has 1 saturated heterocycles. The van der Waals surface area contributed by atoms with Gasteiger partial charge in [-0.3, -0.25) is 9.59 Å². The van der Waals surface area contributed by atoms with Gasteiger partial charge in [-0.15, -0.1) is 0 Å². The number of nitrogens with zero attached hydrogens (tertiary/aromatic N) is 2. The number of nitrogens with one attached hydrogen (secondary N) is 1. The first kappa shape index (κ1) is 17.9. The number of amides is 2. The Bertz CT molecular complexity index is 809. The van der Waals surface area contributed by atoms with Crippen molar-refractivity contribution in [1.82, 2.24) is 9.80 Å². The molecule has 26 heavy (non-hydrogen) atoms. The lowest BCUT2D eigenvalue weighted by Crippen LogP contribution is -2.47. The van der Waals surface area contributed by atoms with Crippen molar-refractivity contribution in [3.63, 3.8) is 0 Å². The van der Waals surface area contributed by atoms with E-state index in [-0.39, 0.29) is 11.8 Å². The first-order valence-electron chi connectivity index (χ1n) is 8.69. The van der Waals surface area contributed by atoms with E-state index < -0.39 is 0 Å². The second-order valence-corrected chi connectivity index (χ2v) is 6.70. The Hall–Kier alpha value is -2.86. The minimum Gasteiger partial charge on any atom is -0.399 e. The number of nitrogen functional groups attached to an aromatic ring is 1. The molecule has 1 aliphatic heterocycles. The molecule has 3 rings (SSSR count). The van der Waals surface area contributed by atoms with Crippen LogP contribution in [0.1, 0.15) is 26.3 Å². The van der Waals surface area contributed by atoms with Crippen molar-refractivity contribution in [2.75, 3.05) is 44.3 Å². The van der Waals surface area contributed by atoms with E-state index in [0.717, 1.165) is 31.7 Å². The number of nitrogens with two attached hydrogens (primary N) is 1. The molecule has 2 amide bonds. The molecule has 6 heteroatoms. The summed E-state index contributed by atoms with van der Waals surface area (Å²) in [5.74, 6) is -0.185. The van der Waals surface area contributed by atoms with E-state index >= 15 is 0 Å². The number of anilines is 2. The van der Waals surface area contributed by atoms with Crippen molar-refractivity contribution in [1.29, 1.82) is 0 Å². The molecule has 2 aromatic rings. The van der Waals surface area contributed by atoms with Gasteiger partial charge < -0.3 is 20.9 Å². The molecule has 0 atom stereocenters. The highest BCUT2D eigenvalue weighted by molar-refractivity contribution is 6.06. The summed E-state index contributed by atoms with van der Waals surface area (Å²) in [7, 11) is 2.06. The predicted molar refractivity (Wildman–Crippen MR) is 103 cm³/mol. The number of carbonyl (C=O) groups excluding carboxylic acids is 2. The molecule has 0 spiro atoms. The van der Waals surface area contributed by atoms with Gasteiger partial charge in [0.25, 0.3) is 11.8 Å². The smallest absolute Gasteiger partial charge is 0.256 e. The number of likely N-dealkylation sites (N-methyl/N-ethyl adjacent to an activating group) is 1. The van der Waals surface area contributed by atoms with Crippen molar-refractivity contribution < 1.29 is 9.59 Å². The van der Waals surface area contributed by atoms with Gasteiger partial charge in [0.1, 0.15) is 0 Å². The zero-order chi connectivity index (χ0) is 18.7. The zero-order valence-corrected chi connectivity index (χ0v) is 15.2. The van der Waals surface area contributed by atoms with Crippen LogP contribution < -0.4 is 11.1 Å². The third kappa shape index (κ3) is 4.03. The molecule has 0 saturated carbocycles. The third-order valence-corrected chi connectivity index (χ3v) is 4.69. The average molecular weight is 352 g/mol. The maximum absolute atomic E-state index is 12.5. The summed E-state index contributed by atoms with van der Waals surface area (Å²) in [5, 5.41) is 2.85. The number of benzene rings is 2. The lowest BCUT2D eigenvalue weighted by atomic mass is 10.1. The number of rotatable bonds is 3. The maximum Gasteiger partial charge on any atom is 0.256 e. The molecule has 3 N–H and O–H groups in total. The highest BCUT2D eigenvalue weighted by atomic mass is 16.2. The van der Waals surface area contributed by atoms with Crippen molar-refractivity contribution in [3.8, 4) is 0 Å². The lowest BCUT2D eigenvalue weighted by Gasteiger charge is -2.32. The fraction of sp³-hybridized carbons (Fsp3) is 0.300. The van der Waals surface area contributed by atoms with Gasteiger partial charge in [-0.05, 0) is 55.9 Å². The van der Waals surface area contributed by atoms with Gasteiger partial charge in [-0.2, -0.15) is 0 Å². The lowest BCUT2D eigenvalue weighted by molar-refractivity contribution is 0.0664. The van der Waals surface area contributed by atoms with Crippen LogP contribution in [0.4, 0.5) is 11.4 Å². The van der Waals surface area contributed by atoms with E-state index in [1.807, 2.05) is 17.9 Å². The molecule has 1 aliphatic rings. The molecule has 0 aromatic heterocycles. The topological polar surface area (TPSA) is 78.7 Å². The van der Waals surface area contributed by atoms with Gasteiger partial charge in [-0.1, -0.05) is 6.07 Å². The molecule has 1 heterocycles. The van der Waals surface area contributed by atoms with Crippen LogP contribution in [0.15, 0.2) is 42.5 Å². The zero-order valence-electron chi connectivity index (χ0n) is 15.2. The predicted octanol–water partition coefficient (Wildman–Crippen LogP) is 2.22. The molecule has 0 aliphatic carbocycles. The monoisotopic (exact) mass is 352 g/mol. The summed E-state index contributed by atoms with van der Waals surface area (Å²) in [4.78, 5) is 29.1. The summed E-state index contributed by atoms with van der Waals surface area (Å²) in [6, 6.07) is 12.3. The molecular formula is C20H24N4O2. The van der Waals surface area contributed by atoms with Crippen LogP contribution in [0.3, 0.4) is 0 Å². The van der Waals surface area contributed by atoms with Crippen molar-refractivity contribution in [3.05, 3.63) is 59.2 Å². The highest BCUT2D eigenvalue weighted by Gasteiger charge is 2.20. The summed E-state index contributed by atoms with van der Waals surface area (Å²) < 4.78 is 0. The number of carbonyl (C=O) groups is 2. The first-order valence-corrected chi connectivity index (χ1v) is 8.69. The van der Waals surface area contributed by atoms with Gasteiger partial charge in [0.05, 0.1) is 0 Å². The van der Waals surface area contributed by atoms with Gasteiger partial charge >= 0.3 is 0 Å². The Kier molecular flexibility index (Phi) is 5.23. The van der Waals surface area contributed by atoms with Crippen molar-refractivity contribution in [2.24, 2.45) is 0 Å². The average Bonchev–Trinajstić information content (AvgIpc) is 2.64. The van der Waals surface area contributed by atoms with E-state index in [0.29, 0.717) is 22.5 Å². The second kappa shape index (κ2) is 7.58.